The second kappa shape index (κ2) is 5.67. The second-order valence-corrected chi connectivity index (χ2v) is 6.67. The first-order valence-electron chi connectivity index (χ1n) is 6.33. The van der Waals surface area contributed by atoms with Crippen molar-refractivity contribution in [2.45, 2.75) is 25.4 Å². The van der Waals surface area contributed by atoms with E-state index in [4.69, 9.17) is 0 Å². The summed E-state index contributed by atoms with van der Waals surface area (Å²) < 4.78 is 2.31. The largest absolute Gasteiger partial charge is 0.387 e. The molecule has 0 aliphatic carbocycles. The predicted molar refractivity (Wildman–Crippen MR) is 78.9 cm³/mol. The first kappa shape index (κ1) is 13.3. The molecule has 0 amide bonds. The number of aliphatic hydroxyl groups excluding tert-OH is 1. The van der Waals surface area contributed by atoms with Crippen molar-refractivity contribution in [3.63, 3.8) is 0 Å². The van der Waals surface area contributed by atoms with E-state index in [9.17, 15) is 5.11 Å². The maximum absolute atomic E-state index is 9.76. The molecular formula is C14H21INO+. The maximum atomic E-state index is 9.76. The Morgan fingerprint density at radius 3 is 2.71 bits per heavy atom. The molecule has 1 N–H and O–H groups in total. The Hall–Kier alpha value is -0.130. The molecule has 94 valence electrons. The highest BCUT2D eigenvalue weighted by molar-refractivity contribution is 14.1. The Morgan fingerprint density at radius 2 is 2.06 bits per heavy atom. The minimum absolute atomic E-state index is 0.0922. The molecule has 1 fully saturated rings. The molecule has 1 aliphatic rings. The monoisotopic (exact) mass is 346 g/mol. The Balaban J connectivity index is 1.90. The number of halogens is 1. The van der Waals surface area contributed by atoms with Gasteiger partial charge in [-0.3, -0.25) is 0 Å². The summed E-state index contributed by atoms with van der Waals surface area (Å²) in [5, 5.41) is 9.76. The van der Waals surface area contributed by atoms with Gasteiger partial charge < -0.3 is 9.59 Å². The molecule has 3 heteroatoms. The van der Waals surface area contributed by atoms with Gasteiger partial charge in [-0.05, 0) is 53.1 Å². The summed E-state index contributed by atoms with van der Waals surface area (Å²) in [6.07, 6.45) is 3.16. The summed E-state index contributed by atoms with van der Waals surface area (Å²) >= 11 is 2.34. The molecule has 2 nitrogen and oxygen atoms in total. The number of likely N-dealkylation sites (tertiary alicyclic amines) is 1. The molecule has 1 aliphatic heterocycles. The van der Waals surface area contributed by atoms with Crippen LogP contribution in [0.3, 0.4) is 0 Å². The molecule has 1 aromatic carbocycles. The average Bonchev–Trinajstić information content (AvgIpc) is 2.28. The summed E-state index contributed by atoms with van der Waals surface area (Å²) in [5.41, 5.74) is 1.41. The molecular weight excluding hydrogens is 325 g/mol. The number of quaternary nitrogens is 1. The number of piperidine rings is 1. The average molecular weight is 346 g/mol. The van der Waals surface area contributed by atoms with Crippen molar-refractivity contribution in [1.29, 1.82) is 0 Å². The zero-order valence-corrected chi connectivity index (χ0v) is 12.6. The first-order valence-corrected chi connectivity index (χ1v) is 7.41. The highest BCUT2D eigenvalue weighted by Gasteiger charge is 2.29. The minimum atomic E-state index is -0.0922. The molecule has 0 aromatic heterocycles. The van der Waals surface area contributed by atoms with Gasteiger partial charge in [0.25, 0.3) is 0 Å². The number of likely N-dealkylation sites (N-methyl/N-ethyl adjacent to an activating group) is 1. The van der Waals surface area contributed by atoms with E-state index in [0.29, 0.717) is 0 Å². The van der Waals surface area contributed by atoms with Crippen molar-refractivity contribution in [3.8, 4) is 0 Å². The van der Waals surface area contributed by atoms with Gasteiger partial charge in [0.05, 0.1) is 20.1 Å². The van der Waals surface area contributed by atoms with E-state index in [1.807, 2.05) is 0 Å². The molecule has 2 unspecified atom stereocenters. The van der Waals surface area contributed by atoms with E-state index < -0.39 is 0 Å². The number of rotatable bonds is 3. The van der Waals surface area contributed by atoms with Crippen LogP contribution < -0.4 is 0 Å². The summed E-state index contributed by atoms with van der Waals surface area (Å²) in [6, 6.07) is 8.77. The molecule has 1 saturated heterocycles. The Labute approximate surface area is 117 Å². The van der Waals surface area contributed by atoms with Crippen LogP contribution in [0.5, 0.6) is 0 Å². The van der Waals surface area contributed by atoms with Crippen LogP contribution in [0, 0.1) is 3.57 Å². The van der Waals surface area contributed by atoms with Gasteiger partial charge in [0, 0.05) is 9.99 Å². The predicted octanol–water partition coefficient (Wildman–Crippen LogP) is 2.44. The molecule has 0 radical (unpaired) electrons. The number of hydrogen-bond acceptors (Lipinski definition) is 1. The summed E-state index contributed by atoms with van der Waals surface area (Å²) in [7, 11) is 2.27. The normalized spacial score (nSPS) is 29.2. The van der Waals surface area contributed by atoms with Crippen molar-refractivity contribution < 1.29 is 9.59 Å². The van der Waals surface area contributed by atoms with Crippen molar-refractivity contribution >= 4 is 22.6 Å². The number of hydrogen-bond donors (Lipinski definition) is 1. The molecule has 0 bridgehead atoms. The molecule has 17 heavy (non-hydrogen) atoms. The molecule has 0 saturated carbocycles. The fourth-order valence-electron chi connectivity index (χ4n) is 2.65. The molecule has 2 atom stereocenters. The van der Waals surface area contributed by atoms with Crippen molar-refractivity contribution in [2.24, 2.45) is 0 Å². The Kier molecular flexibility index (Phi) is 4.44. The van der Waals surface area contributed by atoms with Gasteiger partial charge >= 0.3 is 0 Å². The van der Waals surface area contributed by atoms with Gasteiger partial charge in [-0.25, -0.2) is 0 Å². The third-order valence-electron chi connectivity index (χ3n) is 3.74. The fourth-order valence-corrected chi connectivity index (χ4v) is 3.01. The van der Waals surface area contributed by atoms with Crippen LogP contribution in [0.25, 0.3) is 0 Å². The SMILES string of the molecule is C[N+]1(CCc2ccc(I)cc2)CCCC(O)C1. The van der Waals surface area contributed by atoms with Crippen LogP contribution in [0.4, 0.5) is 0 Å². The van der Waals surface area contributed by atoms with Crippen LogP contribution in [0.15, 0.2) is 24.3 Å². The third-order valence-corrected chi connectivity index (χ3v) is 4.46. The van der Waals surface area contributed by atoms with E-state index in [-0.39, 0.29) is 6.10 Å². The van der Waals surface area contributed by atoms with Gasteiger partial charge in [0.2, 0.25) is 0 Å². The molecule has 1 heterocycles. The lowest BCUT2D eigenvalue weighted by atomic mass is 10.0. The van der Waals surface area contributed by atoms with Gasteiger partial charge in [-0.2, -0.15) is 0 Å². The second-order valence-electron chi connectivity index (χ2n) is 5.42. The number of aliphatic hydroxyl groups is 1. The van der Waals surface area contributed by atoms with Crippen LogP contribution in [-0.2, 0) is 6.42 Å². The van der Waals surface area contributed by atoms with Gasteiger partial charge in [-0.1, -0.05) is 12.1 Å². The third kappa shape index (κ3) is 3.93. The zero-order valence-electron chi connectivity index (χ0n) is 10.4. The fraction of sp³-hybridized carbons (Fsp3) is 0.571. The summed E-state index contributed by atoms with van der Waals surface area (Å²) in [5.74, 6) is 0. The van der Waals surface area contributed by atoms with Gasteiger partial charge in [0.15, 0.2) is 0 Å². The quantitative estimate of drug-likeness (QED) is 0.659. The van der Waals surface area contributed by atoms with Gasteiger partial charge in [-0.15, -0.1) is 0 Å². The van der Waals surface area contributed by atoms with Crippen LogP contribution in [0.2, 0.25) is 0 Å². The zero-order chi connectivity index (χ0) is 12.3. The lowest BCUT2D eigenvalue weighted by molar-refractivity contribution is -0.917. The van der Waals surface area contributed by atoms with E-state index >= 15 is 0 Å². The van der Waals surface area contributed by atoms with Crippen LogP contribution in [-0.4, -0.2) is 42.4 Å². The lowest BCUT2D eigenvalue weighted by Gasteiger charge is -2.40. The van der Waals surface area contributed by atoms with Crippen molar-refractivity contribution in [1.82, 2.24) is 0 Å². The van der Waals surface area contributed by atoms with Crippen molar-refractivity contribution in [3.05, 3.63) is 33.4 Å². The molecule has 1 aromatic rings. The van der Waals surface area contributed by atoms with E-state index in [1.54, 1.807) is 0 Å². The van der Waals surface area contributed by atoms with E-state index in [0.717, 1.165) is 36.8 Å². The highest BCUT2D eigenvalue weighted by atomic mass is 127. The number of nitrogens with zero attached hydrogens (tertiary/aromatic N) is 1. The Bertz CT molecular complexity index is 365. The topological polar surface area (TPSA) is 20.2 Å². The standard InChI is InChI=1S/C14H21INO/c1-16(9-2-3-14(17)11-16)10-8-12-4-6-13(15)7-5-12/h4-7,14,17H,2-3,8-11H2,1H3/q+1. The van der Waals surface area contributed by atoms with Gasteiger partial charge in [0.1, 0.15) is 12.6 Å². The lowest BCUT2D eigenvalue weighted by Crippen LogP contribution is -2.53. The summed E-state index contributed by atoms with van der Waals surface area (Å²) in [6.45, 7) is 3.27. The van der Waals surface area contributed by atoms with E-state index in [1.165, 1.54) is 15.7 Å². The van der Waals surface area contributed by atoms with Crippen LogP contribution in [0.1, 0.15) is 18.4 Å². The van der Waals surface area contributed by atoms with E-state index in [2.05, 4.69) is 53.9 Å². The highest BCUT2D eigenvalue weighted by Crippen LogP contribution is 2.18. The number of benzene rings is 1. The maximum Gasteiger partial charge on any atom is 0.105 e. The Morgan fingerprint density at radius 1 is 1.35 bits per heavy atom. The molecule has 0 spiro atoms. The summed E-state index contributed by atoms with van der Waals surface area (Å²) in [4.78, 5) is 0. The van der Waals surface area contributed by atoms with Crippen LogP contribution >= 0.6 is 22.6 Å². The smallest absolute Gasteiger partial charge is 0.105 e. The minimum Gasteiger partial charge on any atom is -0.387 e. The van der Waals surface area contributed by atoms with Crippen molar-refractivity contribution in [2.75, 3.05) is 26.7 Å². The first-order chi connectivity index (χ1) is 8.07. The molecule has 2 rings (SSSR count).